The molecule has 3 N–H and O–H groups in total. The number of para-hydroxylation sites is 2. The van der Waals surface area contributed by atoms with Gasteiger partial charge in [0.1, 0.15) is 17.2 Å². The molecule has 1 aliphatic rings. The highest BCUT2D eigenvalue weighted by Gasteiger charge is 2.50. The Bertz CT molecular complexity index is 2800. The van der Waals surface area contributed by atoms with Gasteiger partial charge in [-0.25, -0.2) is 8.78 Å². The predicted molar refractivity (Wildman–Crippen MR) is 222 cm³/mol. The van der Waals surface area contributed by atoms with E-state index in [1.165, 1.54) is 24.3 Å². The van der Waals surface area contributed by atoms with Gasteiger partial charge in [-0.15, -0.1) is 0 Å². The number of H-pyrrole nitrogens is 2. The lowest BCUT2D eigenvalue weighted by Gasteiger charge is -2.47. The molecule has 0 bridgehead atoms. The number of benzene rings is 4. The van der Waals surface area contributed by atoms with Gasteiger partial charge in [0.25, 0.3) is 0 Å². The molecule has 1 aliphatic heterocycles. The summed E-state index contributed by atoms with van der Waals surface area (Å²) in [7, 11) is 0. The fourth-order valence-electron chi connectivity index (χ4n) is 9.00. The van der Waals surface area contributed by atoms with Gasteiger partial charge in [0.15, 0.2) is 0 Å². The maximum atomic E-state index is 15.4. The molecule has 58 heavy (non-hydrogen) atoms. The first-order chi connectivity index (χ1) is 28.2. The van der Waals surface area contributed by atoms with Crippen LogP contribution in [0.3, 0.4) is 0 Å². The molecule has 4 aromatic heterocycles. The van der Waals surface area contributed by atoms with Gasteiger partial charge in [-0.3, -0.25) is 14.4 Å². The first-order valence-electron chi connectivity index (χ1n) is 19.3. The van der Waals surface area contributed by atoms with Crippen LogP contribution in [-0.2, 0) is 23.2 Å². The molecule has 4 aromatic carbocycles. The number of fused-ring (bicyclic) bond motifs is 2. The van der Waals surface area contributed by atoms with E-state index < -0.39 is 5.54 Å². The van der Waals surface area contributed by atoms with Crippen LogP contribution in [0.4, 0.5) is 8.78 Å². The molecular weight excluding hydrogens is 735 g/mol. The first-order valence-corrected chi connectivity index (χ1v) is 19.3. The lowest BCUT2D eigenvalue weighted by molar-refractivity contribution is -0.124. The van der Waals surface area contributed by atoms with Crippen LogP contribution in [0.2, 0.25) is 0 Å². The van der Waals surface area contributed by atoms with E-state index in [1.54, 1.807) is 43.0 Å². The Labute approximate surface area is 332 Å². The number of hydrogen-bond acceptors (Lipinski definition) is 4. The summed E-state index contributed by atoms with van der Waals surface area (Å²) in [6, 6.07) is 35.9. The number of nitrogens with one attached hydrogen (secondary N) is 3. The average molecular weight is 775 g/mol. The molecule has 0 spiro atoms. The van der Waals surface area contributed by atoms with Crippen molar-refractivity contribution in [3.8, 4) is 11.4 Å². The lowest BCUT2D eigenvalue weighted by Crippen LogP contribution is -2.60. The molecule has 5 heterocycles. The fourth-order valence-corrected chi connectivity index (χ4v) is 9.00. The van der Waals surface area contributed by atoms with E-state index in [0.717, 1.165) is 28.9 Å². The third-order valence-electron chi connectivity index (χ3n) is 11.8. The monoisotopic (exact) mass is 774 g/mol. The van der Waals surface area contributed by atoms with Gasteiger partial charge in [-0.2, -0.15) is 0 Å². The Balaban J connectivity index is 1.51. The van der Waals surface area contributed by atoms with Crippen LogP contribution < -0.4 is 16.4 Å². The van der Waals surface area contributed by atoms with Crippen LogP contribution in [0.15, 0.2) is 131 Å². The fraction of sp³-hybridized carbons (Fsp3) is 0.170. The summed E-state index contributed by atoms with van der Waals surface area (Å²) >= 11 is 0. The minimum Gasteiger partial charge on any atom is -0.329 e. The summed E-state index contributed by atoms with van der Waals surface area (Å²) in [4.78, 5) is 49.0. The molecule has 1 fully saturated rings. The zero-order chi connectivity index (χ0) is 40.1. The molecule has 0 unspecified atom stereocenters. The number of piperazine rings is 1. The molecule has 8 aromatic rings. The molecular formula is C47H40F2N6O3. The third-order valence-corrected chi connectivity index (χ3v) is 11.8. The van der Waals surface area contributed by atoms with Crippen molar-refractivity contribution in [2.24, 2.45) is 0 Å². The van der Waals surface area contributed by atoms with Crippen molar-refractivity contribution in [3.63, 3.8) is 0 Å². The molecule has 11 heteroatoms. The Morgan fingerprint density at radius 1 is 0.621 bits per heavy atom. The van der Waals surface area contributed by atoms with E-state index in [1.807, 2.05) is 72.8 Å². The number of hydrogen-bond donors (Lipinski definition) is 3. The summed E-state index contributed by atoms with van der Waals surface area (Å²) in [5.74, 6) is -0.704. The molecule has 0 saturated carbocycles. The van der Waals surface area contributed by atoms with Crippen molar-refractivity contribution in [3.05, 3.63) is 198 Å². The van der Waals surface area contributed by atoms with Gasteiger partial charge in [0.2, 0.25) is 17.5 Å². The second kappa shape index (κ2) is 14.6. The van der Waals surface area contributed by atoms with Crippen molar-refractivity contribution in [1.82, 2.24) is 29.3 Å². The molecule has 290 valence electrons. The second-order valence-corrected chi connectivity index (χ2v) is 14.9. The summed E-state index contributed by atoms with van der Waals surface area (Å²) < 4.78 is 34.9. The molecule has 1 amide bonds. The summed E-state index contributed by atoms with van der Waals surface area (Å²) in [5, 5.41) is 3.59. The first kappa shape index (κ1) is 36.8. The van der Waals surface area contributed by atoms with Crippen LogP contribution in [0, 0.1) is 25.5 Å². The van der Waals surface area contributed by atoms with Crippen LogP contribution in [0.1, 0.15) is 44.8 Å². The smallest absolute Gasteiger partial charge is 0.248 e. The van der Waals surface area contributed by atoms with Crippen molar-refractivity contribution in [2.75, 3.05) is 19.6 Å². The van der Waals surface area contributed by atoms with E-state index >= 15 is 8.78 Å². The minimum absolute atomic E-state index is 0.172. The van der Waals surface area contributed by atoms with E-state index in [2.05, 4.69) is 24.4 Å². The molecule has 0 radical (unpaired) electrons. The number of aromatic amines is 2. The lowest BCUT2D eigenvalue weighted by atomic mass is 9.76. The number of amides is 1. The zero-order valence-corrected chi connectivity index (χ0v) is 32.0. The molecule has 9 nitrogen and oxygen atoms in total. The van der Waals surface area contributed by atoms with Crippen LogP contribution in [0.25, 0.3) is 33.4 Å². The molecule has 0 aliphatic carbocycles. The molecule has 0 atom stereocenters. The van der Waals surface area contributed by atoms with E-state index in [4.69, 9.17) is 0 Å². The van der Waals surface area contributed by atoms with Crippen molar-refractivity contribution >= 4 is 28.5 Å². The topological polar surface area (TPSA) is 108 Å². The van der Waals surface area contributed by atoms with Crippen molar-refractivity contribution in [1.29, 1.82) is 0 Å². The normalized spacial score (nSPS) is 14.0. The maximum Gasteiger partial charge on any atom is 0.248 e. The Hall–Kier alpha value is -6.85. The predicted octanol–water partition coefficient (Wildman–Crippen LogP) is 7.33. The summed E-state index contributed by atoms with van der Waals surface area (Å²) in [5.41, 5.74) is 6.82. The van der Waals surface area contributed by atoms with Gasteiger partial charge < -0.3 is 29.3 Å². The largest absolute Gasteiger partial charge is 0.329 e. The molecule has 9 rings (SSSR count). The third kappa shape index (κ3) is 5.89. The van der Waals surface area contributed by atoms with Crippen molar-refractivity contribution < 1.29 is 13.6 Å². The quantitative estimate of drug-likeness (QED) is 0.134. The van der Waals surface area contributed by atoms with Crippen LogP contribution in [-0.4, -0.2) is 50.0 Å². The van der Waals surface area contributed by atoms with Gasteiger partial charge in [-0.1, -0.05) is 60.7 Å². The number of pyridine rings is 2. The number of nitrogens with zero attached hydrogens (tertiary/aromatic N) is 3. The minimum atomic E-state index is -1.42. The Morgan fingerprint density at radius 3 is 1.53 bits per heavy atom. The van der Waals surface area contributed by atoms with E-state index in [-0.39, 0.29) is 48.7 Å². The molecule has 1 saturated heterocycles. The average Bonchev–Trinajstić information content (AvgIpc) is 3.73. The van der Waals surface area contributed by atoms with Gasteiger partial charge in [-0.05, 0) is 84.6 Å². The number of carbonyl (C=O) groups excluding carboxylic acids is 1. The van der Waals surface area contributed by atoms with Crippen LogP contribution >= 0.6 is 0 Å². The number of aromatic nitrogens is 4. The van der Waals surface area contributed by atoms with Crippen molar-refractivity contribution in [2.45, 2.75) is 32.2 Å². The summed E-state index contributed by atoms with van der Waals surface area (Å²) in [6.07, 6.45) is 1.26. The highest BCUT2D eigenvalue weighted by Crippen LogP contribution is 2.49. The second-order valence-electron chi connectivity index (χ2n) is 14.9. The number of carbonyl (C=O) groups is 1. The number of rotatable bonds is 9. The van der Waals surface area contributed by atoms with Gasteiger partial charge >= 0.3 is 0 Å². The Morgan fingerprint density at radius 2 is 1.09 bits per heavy atom. The maximum absolute atomic E-state index is 15.4. The standard InChI is InChI=1S/C47H40F2N6O3/c1-29-31(11-9-17-35(29)48)25-39-43(45-37(19-21-41(57)51-45)54(39)33-13-5-3-6-14-33)47(27-50-23-24-53(47)28-56)44-40(26-32-12-10-18-36(49)30(32)2)55(34-15-7-4-8-16-34)38-20-22-42(58)52-46(38)44/h3-22,28,50H,23-27H2,1-2H3,(H,51,57)(H,52,58). The highest BCUT2D eigenvalue weighted by atomic mass is 19.1. The van der Waals surface area contributed by atoms with Crippen LogP contribution in [0.5, 0.6) is 0 Å². The summed E-state index contributed by atoms with van der Waals surface area (Å²) in [6.45, 7) is 4.40. The highest BCUT2D eigenvalue weighted by molar-refractivity contribution is 5.91. The van der Waals surface area contributed by atoms with E-state index in [9.17, 15) is 14.4 Å². The van der Waals surface area contributed by atoms with Gasteiger partial charge in [0, 0.05) is 78.5 Å². The van der Waals surface area contributed by atoms with Gasteiger partial charge in [0.05, 0.1) is 22.1 Å². The number of halogens is 2. The SMILES string of the molecule is Cc1c(F)cccc1Cc1c(C2(c3c(Cc4cccc(F)c4C)n(-c4ccccc4)c4ccc(=O)[nH]c34)CNCCN2C=O)c2[nH]c(=O)ccc2n1-c1ccccc1. The zero-order valence-electron chi connectivity index (χ0n) is 32.0. The Kier molecular flexibility index (Phi) is 9.24. The van der Waals surface area contributed by atoms with E-state index in [0.29, 0.717) is 62.3 Å².